The highest BCUT2D eigenvalue weighted by molar-refractivity contribution is 7.91. The van der Waals surface area contributed by atoms with E-state index in [9.17, 15) is 18.0 Å². The van der Waals surface area contributed by atoms with Gasteiger partial charge >= 0.3 is 11.9 Å². The molecule has 0 saturated carbocycles. The molecule has 0 aromatic carbocycles. The minimum atomic E-state index is -3.78. The minimum Gasteiger partial charge on any atom is -0.478 e. The standard InChI is InChI=1S/C9H11NO6S2/c1-16-7(11)2-3-10-18(14,15)8-4-6(5-17-8)9(12)13/h4-5,10H,2-3H2,1H3,(H,12,13). The smallest absolute Gasteiger partial charge is 0.336 e. The molecule has 1 heterocycles. The zero-order chi connectivity index (χ0) is 13.8. The number of nitrogens with one attached hydrogen (secondary N) is 1. The van der Waals surface area contributed by atoms with Crippen LogP contribution in [0.3, 0.4) is 0 Å². The maximum absolute atomic E-state index is 11.7. The van der Waals surface area contributed by atoms with Gasteiger partial charge in [0, 0.05) is 11.9 Å². The molecule has 0 aliphatic carbocycles. The van der Waals surface area contributed by atoms with E-state index >= 15 is 0 Å². The number of rotatable bonds is 6. The number of thiophene rings is 1. The molecule has 0 unspecified atom stereocenters. The van der Waals surface area contributed by atoms with E-state index in [0.29, 0.717) is 0 Å². The molecule has 0 saturated heterocycles. The lowest BCUT2D eigenvalue weighted by molar-refractivity contribution is -0.140. The third kappa shape index (κ3) is 3.79. The molecule has 7 nitrogen and oxygen atoms in total. The van der Waals surface area contributed by atoms with Crippen molar-refractivity contribution in [1.29, 1.82) is 0 Å². The maximum Gasteiger partial charge on any atom is 0.336 e. The number of sulfonamides is 1. The summed E-state index contributed by atoms with van der Waals surface area (Å²) in [6, 6.07) is 1.06. The molecule has 18 heavy (non-hydrogen) atoms. The number of aromatic carboxylic acids is 1. The molecule has 100 valence electrons. The Morgan fingerprint density at radius 3 is 2.67 bits per heavy atom. The van der Waals surface area contributed by atoms with Crippen LogP contribution >= 0.6 is 11.3 Å². The fourth-order valence-corrected chi connectivity index (χ4v) is 3.26. The van der Waals surface area contributed by atoms with E-state index in [1.165, 1.54) is 12.5 Å². The monoisotopic (exact) mass is 293 g/mol. The number of carbonyl (C=O) groups is 2. The van der Waals surface area contributed by atoms with Crippen LogP contribution < -0.4 is 4.72 Å². The number of esters is 1. The molecule has 1 aromatic heterocycles. The molecule has 1 aromatic rings. The number of carboxylic acid groups (broad SMARTS) is 1. The zero-order valence-corrected chi connectivity index (χ0v) is 11.0. The van der Waals surface area contributed by atoms with Crippen molar-refractivity contribution in [3.8, 4) is 0 Å². The van der Waals surface area contributed by atoms with Gasteiger partial charge in [-0.05, 0) is 6.07 Å². The normalized spacial score (nSPS) is 11.2. The first-order chi connectivity index (χ1) is 8.36. The number of ether oxygens (including phenoxy) is 1. The number of hydrogen-bond acceptors (Lipinski definition) is 6. The highest BCUT2D eigenvalue weighted by atomic mass is 32.2. The highest BCUT2D eigenvalue weighted by Gasteiger charge is 2.18. The quantitative estimate of drug-likeness (QED) is 0.729. The lowest BCUT2D eigenvalue weighted by Gasteiger charge is -2.03. The van der Waals surface area contributed by atoms with Crippen LogP contribution in [0, 0.1) is 0 Å². The van der Waals surface area contributed by atoms with Crippen molar-refractivity contribution in [3.05, 3.63) is 17.0 Å². The third-order valence-electron chi connectivity index (χ3n) is 1.94. The van der Waals surface area contributed by atoms with Gasteiger partial charge in [-0.3, -0.25) is 4.79 Å². The van der Waals surface area contributed by atoms with E-state index in [1.54, 1.807) is 0 Å². The van der Waals surface area contributed by atoms with Crippen molar-refractivity contribution in [2.45, 2.75) is 10.6 Å². The molecule has 2 N–H and O–H groups in total. The maximum atomic E-state index is 11.7. The largest absolute Gasteiger partial charge is 0.478 e. The van der Waals surface area contributed by atoms with Crippen LogP contribution in [0.15, 0.2) is 15.7 Å². The highest BCUT2D eigenvalue weighted by Crippen LogP contribution is 2.19. The first kappa shape index (κ1) is 14.6. The predicted octanol–water partition coefficient (Wildman–Crippen LogP) is 0.288. The lowest BCUT2D eigenvalue weighted by atomic mass is 10.4. The van der Waals surface area contributed by atoms with E-state index in [2.05, 4.69) is 9.46 Å². The summed E-state index contributed by atoms with van der Waals surface area (Å²) in [5.74, 6) is -1.72. The molecule has 0 radical (unpaired) electrons. The minimum absolute atomic E-state index is 0.0895. The summed E-state index contributed by atoms with van der Waals surface area (Å²) in [5, 5.41) is 9.91. The topological polar surface area (TPSA) is 110 Å². The Morgan fingerprint density at radius 2 is 2.17 bits per heavy atom. The van der Waals surface area contributed by atoms with E-state index in [0.717, 1.165) is 17.4 Å². The average Bonchev–Trinajstić information content (AvgIpc) is 2.78. The second-order valence-corrected chi connectivity index (χ2v) is 6.09. The van der Waals surface area contributed by atoms with Crippen molar-refractivity contribution < 1.29 is 27.9 Å². The van der Waals surface area contributed by atoms with Gasteiger partial charge in [0.2, 0.25) is 10.0 Å². The van der Waals surface area contributed by atoms with Crippen LogP contribution in [-0.4, -0.2) is 39.1 Å². The van der Waals surface area contributed by atoms with Crippen LogP contribution in [0.1, 0.15) is 16.8 Å². The van der Waals surface area contributed by atoms with Crippen LogP contribution in [0.5, 0.6) is 0 Å². The summed E-state index contributed by atoms with van der Waals surface area (Å²) in [5.41, 5.74) is -0.0895. The summed E-state index contributed by atoms with van der Waals surface area (Å²) >= 11 is 0.802. The Balaban J connectivity index is 2.68. The SMILES string of the molecule is COC(=O)CCNS(=O)(=O)c1cc(C(=O)O)cs1. The summed E-state index contributed by atoms with van der Waals surface area (Å²) in [4.78, 5) is 21.4. The van der Waals surface area contributed by atoms with Crippen molar-refractivity contribution in [2.75, 3.05) is 13.7 Å². The van der Waals surface area contributed by atoms with Gasteiger partial charge in [-0.25, -0.2) is 17.9 Å². The summed E-state index contributed by atoms with van der Waals surface area (Å²) in [6.45, 7) is -0.102. The molecule has 0 atom stereocenters. The van der Waals surface area contributed by atoms with Crippen molar-refractivity contribution >= 4 is 33.3 Å². The summed E-state index contributed by atoms with van der Waals surface area (Å²) in [7, 11) is -2.58. The van der Waals surface area contributed by atoms with Crippen LogP contribution in [0.2, 0.25) is 0 Å². The third-order valence-corrected chi connectivity index (χ3v) is 4.84. The molecule has 0 spiro atoms. The van der Waals surface area contributed by atoms with E-state index in [1.807, 2.05) is 0 Å². The Labute approximate surface area is 107 Å². The fraction of sp³-hybridized carbons (Fsp3) is 0.333. The molecule has 9 heteroatoms. The van der Waals surface area contributed by atoms with E-state index in [-0.39, 0.29) is 22.7 Å². The van der Waals surface area contributed by atoms with Crippen LogP contribution in [0.25, 0.3) is 0 Å². The predicted molar refractivity (Wildman–Crippen MR) is 63.1 cm³/mol. The van der Waals surface area contributed by atoms with Crippen LogP contribution in [-0.2, 0) is 19.6 Å². The van der Waals surface area contributed by atoms with Gasteiger partial charge in [-0.15, -0.1) is 11.3 Å². The van der Waals surface area contributed by atoms with Gasteiger partial charge in [-0.2, -0.15) is 0 Å². The lowest BCUT2D eigenvalue weighted by Crippen LogP contribution is -2.26. The second kappa shape index (κ2) is 5.94. The van der Waals surface area contributed by atoms with E-state index < -0.39 is 22.0 Å². The van der Waals surface area contributed by atoms with Gasteiger partial charge in [0.05, 0.1) is 19.1 Å². The van der Waals surface area contributed by atoms with Gasteiger partial charge in [0.15, 0.2) is 0 Å². The average molecular weight is 293 g/mol. The van der Waals surface area contributed by atoms with E-state index in [4.69, 9.17) is 5.11 Å². The van der Waals surface area contributed by atoms with Gasteiger partial charge < -0.3 is 9.84 Å². The summed E-state index contributed by atoms with van der Waals surface area (Å²) < 4.78 is 29.8. The molecule has 0 aliphatic heterocycles. The number of hydrogen-bond donors (Lipinski definition) is 2. The number of methoxy groups -OCH3 is 1. The Bertz CT molecular complexity index is 547. The van der Waals surface area contributed by atoms with Gasteiger partial charge in [0.1, 0.15) is 4.21 Å². The Hall–Kier alpha value is -1.45. The molecular weight excluding hydrogens is 282 g/mol. The van der Waals surface area contributed by atoms with Crippen molar-refractivity contribution in [1.82, 2.24) is 4.72 Å². The molecular formula is C9H11NO6S2. The Kier molecular flexibility index (Phi) is 4.82. The zero-order valence-electron chi connectivity index (χ0n) is 9.37. The molecule has 0 fully saturated rings. The molecule has 0 aliphatic rings. The van der Waals surface area contributed by atoms with Gasteiger partial charge in [0.25, 0.3) is 0 Å². The molecule has 0 bridgehead atoms. The second-order valence-electron chi connectivity index (χ2n) is 3.18. The van der Waals surface area contributed by atoms with Gasteiger partial charge in [-0.1, -0.05) is 0 Å². The summed E-state index contributed by atoms with van der Waals surface area (Å²) in [6.07, 6.45) is -0.0904. The van der Waals surface area contributed by atoms with Crippen molar-refractivity contribution in [2.24, 2.45) is 0 Å². The Morgan fingerprint density at radius 1 is 1.50 bits per heavy atom. The number of carboxylic acids is 1. The fourth-order valence-electron chi connectivity index (χ4n) is 1.03. The number of carbonyl (C=O) groups excluding carboxylic acids is 1. The first-order valence-corrected chi connectivity index (χ1v) is 7.11. The van der Waals surface area contributed by atoms with Crippen molar-refractivity contribution in [3.63, 3.8) is 0 Å². The molecule has 0 amide bonds. The molecule has 1 rings (SSSR count). The van der Waals surface area contributed by atoms with Crippen LogP contribution in [0.4, 0.5) is 0 Å². The first-order valence-electron chi connectivity index (χ1n) is 4.75.